The van der Waals surface area contributed by atoms with Crippen LogP contribution in [0.2, 0.25) is 0 Å². The Morgan fingerprint density at radius 3 is 1.37 bits per heavy atom. The number of amides is 2. The molecular formula is C53H87N3O6. The minimum atomic E-state index is -1.12. The highest BCUT2D eigenvalue weighted by molar-refractivity contribution is 5.93. The van der Waals surface area contributed by atoms with Crippen LogP contribution in [-0.4, -0.2) is 75.9 Å². The second-order valence-electron chi connectivity index (χ2n) is 23.8. The van der Waals surface area contributed by atoms with Crippen LogP contribution >= 0.6 is 0 Å². The third kappa shape index (κ3) is 11.2. The van der Waals surface area contributed by atoms with Crippen LogP contribution < -0.4 is 0 Å². The highest BCUT2D eigenvalue weighted by Crippen LogP contribution is 2.66. The molecule has 9 heteroatoms. The molecule has 0 aromatic carbocycles. The third-order valence-corrected chi connectivity index (χ3v) is 18.2. The Morgan fingerprint density at radius 1 is 0.597 bits per heavy atom. The van der Waals surface area contributed by atoms with Gasteiger partial charge in [0.05, 0.1) is 18.2 Å². The summed E-state index contributed by atoms with van der Waals surface area (Å²) in [6.45, 7) is 23.1. The molecule has 2 aliphatic carbocycles. The van der Waals surface area contributed by atoms with Crippen LogP contribution in [-0.2, 0) is 24.0 Å². The third-order valence-electron chi connectivity index (χ3n) is 18.2. The van der Waals surface area contributed by atoms with Crippen molar-refractivity contribution < 1.29 is 29.1 Å². The maximum Gasteiger partial charge on any atom is 0.226 e. The van der Waals surface area contributed by atoms with Crippen molar-refractivity contribution in [2.45, 2.75) is 216 Å². The number of aldehydes is 1. The van der Waals surface area contributed by atoms with Crippen molar-refractivity contribution in [3.8, 4) is 6.07 Å². The molecule has 6 fully saturated rings. The van der Waals surface area contributed by atoms with Gasteiger partial charge >= 0.3 is 0 Å². The van der Waals surface area contributed by atoms with Gasteiger partial charge in [0.1, 0.15) is 12.4 Å². The van der Waals surface area contributed by atoms with Crippen LogP contribution in [0.1, 0.15) is 198 Å². The first kappa shape index (κ1) is 50.4. The molecule has 3 unspecified atom stereocenters. The lowest BCUT2D eigenvalue weighted by atomic mass is 9.75. The Kier molecular flexibility index (Phi) is 16.8. The Bertz CT molecular complexity index is 1630. The van der Waals surface area contributed by atoms with E-state index in [1.54, 1.807) is 0 Å². The van der Waals surface area contributed by atoms with E-state index in [1.807, 2.05) is 22.8 Å². The number of nitrogens with zero attached hydrogens (tertiary/aromatic N) is 3. The summed E-state index contributed by atoms with van der Waals surface area (Å²) in [6, 6.07) is 1.24. The Balaban J connectivity index is 0.000000235. The van der Waals surface area contributed by atoms with Gasteiger partial charge in [0.2, 0.25) is 11.8 Å². The second kappa shape index (κ2) is 20.7. The summed E-state index contributed by atoms with van der Waals surface area (Å²) in [4.78, 5) is 69.7. The molecule has 4 heterocycles. The van der Waals surface area contributed by atoms with E-state index in [0.29, 0.717) is 37.8 Å². The average Bonchev–Trinajstić information content (AvgIpc) is 3.67. The largest absolute Gasteiger partial charge is 0.378 e. The molecule has 4 saturated heterocycles. The predicted octanol–water partition coefficient (Wildman–Crippen LogP) is 10.5. The number of rotatable bonds is 2. The first-order valence-electron chi connectivity index (χ1n) is 25.3. The van der Waals surface area contributed by atoms with Crippen molar-refractivity contribution in [1.82, 2.24) is 9.80 Å². The predicted molar refractivity (Wildman–Crippen MR) is 245 cm³/mol. The zero-order chi connectivity index (χ0) is 45.8. The summed E-state index contributed by atoms with van der Waals surface area (Å²) < 4.78 is 0. The number of aliphatic hydroxyl groups is 1. The molecule has 11 atom stereocenters. The molecule has 0 aromatic rings. The molecule has 9 nitrogen and oxygen atoms in total. The van der Waals surface area contributed by atoms with Crippen LogP contribution in [0.3, 0.4) is 0 Å². The highest BCUT2D eigenvalue weighted by atomic mass is 16.3. The zero-order valence-corrected chi connectivity index (χ0v) is 40.8. The minimum absolute atomic E-state index is 0.0463. The van der Waals surface area contributed by atoms with Crippen molar-refractivity contribution in [3.63, 3.8) is 0 Å². The van der Waals surface area contributed by atoms with Gasteiger partial charge in [0.25, 0.3) is 0 Å². The number of carbonyl (C=O) groups excluding carboxylic acids is 5. The van der Waals surface area contributed by atoms with Crippen LogP contribution in [0.4, 0.5) is 0 Å². The van der Waals surface area contributed by atoms with E-state index in [-0.39, 0.29) is 93.0 Å². The standard InChI is InChI=1S/C27H44N2O3.C26H43NO3/c1-18-25(32)29-17-20-23(27(20,4)5)24(29)21(30)15-19(22(31)16-28)13-11-9-7-6-8-10-12-14-26(18,2)3;1-18-24(30)27-16-20-22(26(20,4)5)23(27)21(29)15-19(17-28)13-11-9-7-6-8-10-12-14-25(18,2)3/h18-20,22-24,31H,6-15,17H2,1-5H3;17-20,22-23H,6-16H2,1-5H3/t18-,19-,20?,22?,23+,24-;18-,19-,20?,22+,23-/m11/s1. The molecule has 0 spiro atoms. The van der Waals surface area contributed by atoms with Gasteiger partial charge in [0.15, 0.2) is 11.6 Å². The molecular weight excluding hydrogens is 775 g/mol. The van der Waals surface area contributed by atoms with Gasteiger partial charge in [-0.25, -0.2) is 0 Å². The lowest BCUT2D eigenvalue weighted by Crippen LogP contribution is -2.50. The number of Topliss-reactive ketones (excluding diaryl/α,β-unsaturated/α-hetero) is 2. The fraction of sp³-hybridized carbons (Fsp3) is 0.887. The quantitative estimate of drug-likeness (QED) is 0.216. The van der Waals surface area contributed by atoms with Gasteiger partial charge in [0, 0.05) is 49.6 Å². The Hall–Kier alpha value is -2.60. The van der Waals surface area contributed by atoms with Gasteiger partial charge < -0.3 is 19.7 Å². The fourth-order valence-corrected chi connectivity index (χ4v) is 12.6. The van der Waals surface area contributed by atoms with E-state index in [9.17, 15) is 34.3 Å². The maximum absolute atomic E-state index is 13.7. The SMILES string of the molecule is C[C@@H]1C(=O)N2CC3[C@@H]([C@H]2C(=O)C[C@H](C(O)C#N)CCCCCCCCCC1(C)C)C3(C)C.C[C@@H]1C(=O)N2CC3[C@@H]([C@H]2C(=O)C[C@H](C=O)CCCCCCCCCC1(C)C)C3(C)C. The fourth-order valence-electron chi connectivity index (χ4n) is 12.6. The topological polar surface area (TPSA) is 136 Å². The van der Waals surface area contributed by atoms with E-state index < -0.39 is 12.1 Å². The van der Waals surface area contributed by atoms with Crippen molar-refractivity contribution in [2.24, 2.45) is 69.0 Å². The number of aliphatic hydroxyl groups excluding tert-OH is 1. The highest BCUT2D eigenvalue weighted by Gasteiger charge is 2.70. The van der Waals surface area contributed by atoms with E-state index in [4.69, 9.17) is 0 Å². The maximum atomic E-state index is 13.7. The van der Waals surface area contributed by atoms with Crippen molar-refractivity contribution in [1.29, 1.82) is 5.26 Å². The number of nitriles is 1. The summed E-state index contributed by atoms with van der Waals surface area (Å²) in [5, 5.41) is 19.6. The first-order valence-corrected chi connectivity index (χ1v) is 25.3. The molecule has 0 aromatic heterocycles. The summed E-state index contributed by atoms with van der Waals surface area (Å²) in [7, 11) is 0. The molecule has 6 rings (SSSR count). The van der Waals surface area contributed by atoms with E-state index in [2.05, 4.69) is 62.3 Å². The van der Waals surface area contributed by atoms with Crippen molar-refractivity contribution >= 4 is 29.7 Å². The molecule has 2 amide bonds. The second-order valence-corrected chi connectivity index (χ2v) is 23.8. The number of hydrogen-bond acceptors (Lipinski definition) is 7. The van der Waals surface area contributed by atoms with Crippen LogP contribution in [0.5, 0.6) is 0 Å². The summed E-state index contributed by atoms with van der Waals surface area (Å²) in [5.74, 6) is 0.932. The molecule has 350 valence electrons. The van der Waals surface area contributed by atoms with Gasteiger partial charge in [-0.3, -0.25) is 19.2 Å². The van der Waals surface area contributed by atoms with Crippen molar-refractivity contribution in [3.05, 3.63) is 0 Å². The molecule has 1 N–H and O–H groups in total. The van der Waals surface area contributed by atoms with E-state index in [1.165, 1.54) is 51.4 Å². The Morgan fingerprint density at radius 2 is 0.968 bits per heavy atom. The molecule has 6 aliphatic rings. The van der Waals surface area contributed by atoms with Crippen LogP contribution in [0.15, 0.2) is 0 Å². The summed E-state index contributed by atoms with van der Waals surface area (Å²) in [6.07, 6.45) is 20.1. The monoisotopic (exact) mass is 862 g/mol. The number of hydrogen-bond donors (Lipinski definition) is 1. The van der Waals surface area contributed by atoms with Gasteiger partial charge in [-0.05, 0) is 71.0 Å². The Labute approximate surface area is 376 Å². The molecule has 0 bridgehead atoms. The normalized spacial score (nSPS) is 37.4. The van der Waals surface area contributed by atoms with Gasteiger partial charge in [-0.15, -0.1) is 0 Å². The first-order chi connectivity index (χ1) is 29.1. The molecule has 4 aliphatic heterocycles. The number of piperidine rings is 2. The molecule has 2 saturated carbocycles. The van der Waals surface area contributed by atoms with Crippen molar-refractivity contribution in [2.75, 3.05) is 13.1 Å². The number of carbonyl (C=O) groups is 5. The van der Waals surface area contributed by atoms with Crippen LogP contribution in [0, 0.1) is 80.3 Å². The zero-order valence-electron chi connectivity index (χ0n) is 40.8. The lowest BCUT2D eigenvalue weighted by Gasteiger charge is -2.38. The summed E-state index contributed by atoms with van der Waals surface area (Å²) >= 11 is 0. The molecule has 0 radical (unpaired) electrons. The van der Waals surface area contributed by atoms with Gasteiger partial charge in [-0.2, -0.15) is 5.26 Å². The van der Waals surface area contributed by atoms with Crippen LogP contribution in [0.25, 0.3) is 0 Å². The van der Waals surface area contributed by atoms with E-state index >= 15 is 0 Å². The number of fused-ring (bicyclic) bond motifs is 6. The molecule has 62 heavy (non-hydrogen) atoms. The summed E-state index contributed by atoms with van der Waals surface area (Å²) in [5.41, 5.74) is 0.0516. The smallest absolute Gasteiger partial charge is 0.226 e. The van der Waals surface area contributed by atoms with Gasteiger partial charge in [-0.1, -0.05) is 159 Å². The average molecular weight is 862 g/mol. The van der Waals surface area contributed by atoms with E-state index in [0.717, 1.165) is 64.1 Å². The minimum Gasteiger partial charge on any atom is -0.378 e. The lowest BCUT2D eigenvalue weighted by molar-refractivity contribution is -0.146. The number of ketones is 2.